The molecule has 26 heavy (non-hydrogen) atoms. The first kappa shape index (κ1) is 17.3. The monoisotopic (exact) mass is 367 g/mol. The second-order valence-corrected chi connectivity index (χ2v) is 7.71. The average molecular weight is 368 g/mol. The molecule has 0 amide bonds. The molecule has 0 atom stereocenters. The van der Waals surface area contributed by atoms with Crippen LogP contribution in [0.25, 0.3) is 21.3 Å². The van der Waals surface area contributed by atoms with Gasteiger partial charge in [0.25, 0.3) is 0 Å². The number of nitrogens with one attached hydrogen (secondary N) is 1. The van der Waals surface area contributed by atoms with Crippen molar-refractivity contribution in [1.29, 1.82) is 0 Å². The fraction of sp³-hybridized carbons (Fsp3) is 0.381. The summed E-state index contributed by atoms with van der Waals surface area (Å²) in [6.07, 6.45) is 4.04. The van der Waals surface area contributed by atoms with E-state index in [2.05, 4.69) is 40.5 Å². The van der Waals surface area contributed by atoms with Crippen LogP contribution in [0.3, 0.4) is 0 Å². The molecule has 0 radical (unpaired) electrons. The zero-order valence-electron chi connectivity index (χ0n) is 15.2. The zero-order valence-corrected chi connectivity index (χ0v) is 16.0. The van der Waals surface area contributed by atoms with Crippen molar-refractivity contribution in [2.24, 2.45) is 0 Å². The fourth-order valence-corrected chi connectivity index (χ4v) is 4.62. The molecule has 4 rings (SSSR count). The lowest BCUT2D eigenvalue weighted by molar-refractivity contribution is 0.237. The van der Waals surface area contributed by atoms with Crippen LogP contribution >= 0.6 is 11.3 Å². The standard InChI is InChI=1S/C21H25N3OS/c1-25-18-11-10-17(16-8-4-2-5-9-16)20-19(18)23-21(26-20)22-12-15-24-13-6-3-7-14-24/h2,4-5,8-11H,3,6-7,12-15H2,1H3,(H,22,23). The van der Waals surface area contributed by atoms with Gasteiger partial charge in [-0.15, -0.1) is 0 Å². The molecule has 1 fully saturated rings. The highest BCUT2D eigenvalue weighted by Gasteiger charge is 2.15. The summed E-state index contributed by atoms with van der Waals surface area (Å²) in [5.74, 6) is 0.833. The molecule has 0 bridgehead atoms. The molecule has 4 nitrogen and oxygen atoms in total. The van der Waals surface area contributed by atoms with Crippen LogP contribution < -0.4 is 10.1 Å². The van der Waals surface area contributed by atoms with Gasteiger partial charge in [0.2, 0.25) is 0 Å². The van der Waals surface area contributed by atoms with Crippen molar-refractivity contribution in [3.05, 3.63) is 42.5 Å². The van der Waals surface area contributed by atoms with Crippen molar-refractivity contribution in [3.63, 3.8) is 0 Å². The first-order valence-electron chi connectivity index (χ1n) is 9.34. The first-order chi connectivity index (χ1) is 12.8. The molecule has 1 saturated heterocycles. The summed E-state index contributed by atoms with van der Waals surface area (Å²) >= 11 is 1.71. The highest BCUT2D eigenvalue weighted by Crippen LogP contribution is 2.39. The van der Waals surface area contributed by atoms with E-state index in [4.69, 9.17) is 9.72 Å². The summed E-state index contributed by atoms with van der Waals surface area (Å²) in [7, 11) is 1.71. The maximum atomic E-state index is 5.54. The third kappa shape index (κ3) is 3.69. The quantitative estimate of drug-likeness (QED) is 0.674. The van der Waals surface area contributed by atoms with Crippen LogP contribution in [0.2, 0.25) is 0 Å². The van der Waals surface area contributed by atoms with Crippen molar-refractivity contribution < 1.29 is 4.74 Å². The molecule has 136 valence electrons. The Balaban J connectivity index is 1.56. The number of aromatic nitrogens is 1. The minimum Gasteiger partial charge on any atom is -0.494 e. The smallest absolute Gasteiger partial charge is 0.183 e. The third-order valence-electron chi connectivity index (χ3n) is 4.96. The number of ether oxygens (including phenoxy) is 1. The molecule has 1 aliphatic heterocycles. The Kier molecular flexibility index (Phi) is 5.37. The van der Waals surface area contributed by atoms with Gasteiger partial charge < -0.3 is 15.0 Å². The molecule has 2 aromatic carbocycles. The van der Waals surface area contributed by atoms with E-state index in [-0.39, 0.29) is 0 Å². The van der Waals surface area contributed by atoms with E-state index >= 15 is 0 Å². The molecule has 0 aliphatic carbocycles. The summed E-state index contributed by atoms with van der Waals surface area (Å²) in [6, 6.07) is 14.6. The van der Waals surface area contributed by atoms with E-state index in [1.54, 1.807) is 18.4 Å². The molecule has 0 unspecified atom stereocenters. The van der Waals surface area contributed by atoms with Crippen LogP contribution in [0.1, 0.15) is 19.3 Å². The van der Waals surface area contributed by atoms with Crippen LogP contribution in [0.5, 0.6) is 5.75 Å². The fourth-order valence-electron chi connectivity index (χ4n) is 3.57. The Morgan fingerprint density at radius 3 is 2.65 bits per heavy atom. The number of piperidine rings is 1. The van der Waals surface area contributed by atoms with Gasteiger partial charge in [-0.05, 0) is 43.6 Å². The largest absolute Gasteiger partial charge is 0.494 e. The minimum atomic E-state index is 0.833. The van der Waals surface area contributed by atoms with Gasteiger partial charge in [-0.3, -0.25) is 0 Å². The van der Waals surface area contributed by atoms with E-state index in [0.717, 1.165) is 29.5 Å². The second kappa shape index (κ2) is 8.06. The number of rotatable bonds is 6. The molecule has 1 aromatic heterocycles. The minimum absolute atomic E-state index is 0.833. The average Bonchev–Trinajstić information content (AvgIpc) is 3.13. The van der Waals surface area contributed by atoms with Gasteiger partial charge in [0.1, 0.15) is 11.3 Å². The predicted molar refractivity (Wildman–Crippen MR) is 110 cm³/mol. The van der Waals surface area contributed by atoms with Gasteiger partial charge in [-0.2, -0.15) is 0 Å². The highest BCUT2D eigenvalue weighted by atomic mass is 32.1. The van der Waals surface area contributed by atoms with E-state index < -0.39 is 0 Å². The van der Waals surface area contributed by atoms with Gasteiger partial charge in [0.15, 0.2) is 5.13 Å². The van der Waals surface area contributed by atoms with E-state index in [0.29, 0.717) is 0 Å². The van der Waals surface area contributed by atoms with Gasteiger partial charge in [-0.1, -0.05) is 48.1 Å². The second-order valence-electron chi connectivity index (χ2n) is 6.71. The van der Waals surface area contributed by atoms with E-state index in [1.807, 2.05) is 12.1 Å². The number of methoxy groups -OCH3 is 1. The SMILES string of the molecule is COc1ccc(-c2ccccc2)c2sc(NCCN3CCCCC3)nc12. The highest BCUT2D eigenvalue weighted by molar-refractivity contribution is 7.22. The van der Waals surface area contributed by atoms with Gasteiger partial charge >= 0.3 is 0 Å². The lowest BCUT2D eigenvalue weighted by atomic mass is 10.1. The molecule has 2 heterocycles. The number of nitrogens with zero attached hydrogens (tertiary/aromatic N) is 2. The van der Waals surface area contributed by atoms with Crippen molar-refractivity contribution in [2.75, 3.05) is 38.6 Å². The Morgan fingerprint density at radius 2 is 1.88 bits per heavy atom. The lowest BCUT2D eigenvalue weighted by Crippen LogP contribution is -2.33. The number of likely N-dealkylation sites (tertiary alicyclic amines) is 1. The summed E-state index contributed by atoms with van der Waals surface area (Å²) in [5, 5.41) is 4.49. The van der Waals surface area contributed by atoms with Crippen LogP contribution in [0.4, 0.5) is 5.13 Å². The summed E-state index contributed by atoms with van der Waals surface area (Å²) in [6.45, 7) is 4.47. The van der Waals surface area contributed by atoms with Gasteiger partial charge in [0, 0.05) is 18.7 Å². The summed E-state index contributed by atoms with van der Waals surface area (Å²) in [5.41, 5.74) is 3.37. The lowest BCUT2D eigenvalue weighted by Gasteiger charge is -2.26. The maximum absolute atomic E-state index is 5.54. The Bertz CT molecular complexity index is 856. The molecular weight excluding hydrogens is 342 g/mol. The van der Waals surface area contributed by atoms with Crippen molar-refractivity contribution >= 4 is 26.7 Å². The topological polar surface area (TPSA) is 37.4 Å². The van der Waals surface area contributed by atoms with Crippen molar-refractivity contribution in [3.8, 4) is 16.9 Å². The van der Waals surface area contributed by atoms with Crippen LogP contribution in [0.15, 0.2) is 42.5 Å². The first-order valence-corrected chi connectivity index (χ1v) is 10.2. The number of fused-ring (bicyclic) bond motifs is 1. The molecule has 0 spiro atoms. The van der Waals surface area contributed by atoms with E-state index in [1.165, 1.54) is 48.2 Å². The Hall–Kier alpha value is -2.11. The molecule has 5 heteroatoms. The van der Waals surface area contributed by atoms with Crippen LogP contribution in [-0.2, 0) is 0 Å². The molecule has 1 aliphatic rings. The van der Waals surface area contributed by atoms with Crippen molar-refractivity contribution in [2.45, 2.75) is 19.3 Å². The number of hydrogen-bond donors (Lipinski definition) is 1. The Morgan fingerprint density at radius 1 is 1.08 bits per heavy atom. The number of anilines is 1. The van der Waals surface area contributed by atoms with E-state index in [9.17, 15) is 0 Å². The molecular formula is C21H25N3OS. The normalized spacial score (nSPS) is 15.3. The summed E-state index contributed by atoms with van der Waals surface area (Å²) in [4.78, 5) is 7.36. The Labute approximate surface area is 158 Å². The number of hydrogen-bond acceptors (Lipinski definition) is 5. The summed E-state index contributed by atoms with van der Waals surface area (Å²) < 4.78 is 6.72. The molecule has 1 N–H and O–H groups in total. The number of benzene rings is 2. The molecule has 0 saturated carbocycles. The maximum Gasteiger partial charge on any atom is 0.183 e. The van der Waals surface area contributed by atoms with Crippen LogP contribution in [0, 0.1) is 0 Å². The van der Waals surface area contributed by atoms with Crippen LogP contribution in [-0.4, -0.2) is 43.2 Å². The predicted octanol–water partition coefficient (Wildman–Crippen LogP) is 4.87. The van der Waals surface area contributed by atoms with Crippen molar-refractivity contribution in [1.82, 2.24) is 9.88 Å². The number of thiazole rings is 1. The van der Waals surface area contributed by atoms with Gasteiger partial charge in [-0.25, -0.2) is 4.98 Å². The van der Waals surface area contributed by atoms with Gasteiger partial charge in [0.05, 0.1) is 11.8 Å². The molecule has 3 aromatic rings. The third-order valence-corrected chi connectivity index (χ3v) is 6.01. The zero-order chi connectivity index (χ0) is 17.8.